The molecule has 3 heterocycles. The molecular formula is C69H41N3S. The summed E-state index contributed by atoms with van der Waals surface area (Å²) in [5.74, 6) is 0. The molecule has 13 aromatic carbocycles. The summed E-state index contributed by atoms with van der Waals surface area (Å²) in [6, 6.07) is 85.0. The molecule has 0 radical (unpaired) electrons. The van der Waals surface area contributed by atoms with Gasteiger partial charge in [-0.1, -0.05) is 164 Å². The van der Waals surface area contributed by atoms with E-state index in [4.69, 9.17) is 9.97 Å². The number of hydrogen-bond acceptors (Lipinski definition) is 3. The van der Waals surface area contributed by atoms with Gasteiger partial charge in [0.25, 0.3) is 0 Å². The lowest BCUT2D eigenvalue weighted by molar-refractivity contribution is 1.18. The zero-order valence-corrected chi connectivity index (χ0v) is 40.5. The van der Waals surface area contributed by atoms with Gasteiger partial charge in [0.05, 0.1) is 33.5 Å². The summed E-state index contributed by atoms with van der Waals surface area (Å²) in [6.45, 7) is 2.14. The molecule has 0 atom stereocenters. The van der Waals surface area contributed by atoms with Crippen LogP contribution in [0.2, 0.25) is 0 Å². The molecule has 0 fully saturated rings. The van der Waals surface area contributed by atoms with Crippen molar-refractivity contribution in [2.45, 2.75) is 6.92 Å². The molecule has 0 aliphatic rings. The largest absolute Gasteiger partial charge is 0.309 e. The van der Waals surface area contributed by atoms with Gasteiger partial charge in [0, 0.05) is 53.1 Å². The summed E-state index contributed by atoms with van der Waals surface area (Å²) in [4.78, 5) is 11.4. The Labute approximate surface area is 423 Å². The van der Waals surface area contributed by atoms with Crippen molar-refractivity contribution in [2.24, 2.45) is 0 Å². The lowest BCUT2D eigenvalue weighted by Crippen LogP contribution is -1.98. The van der Waals surface area contributed by atoms with Gasteiger partial charge in [-0.15, -0.1) is 11.3 Å². The summed E-state index contributed by atoms with van der Waals surface area (Å²) in [5.41, 5.74) is 12.7. The van der Waals surface area contributed by atoms with E-state index in [2.05, 4.69) is 242 Å². The highest BCUT2D eigenvalue weighted by molar-refractivity contribution is 7.27. The molecule has 338 valence electrons. The fraction of sp³-hybridized carbons (Fsp3) is 0.0145. The predicted molar refractivity (Wildman–Crippen MR) is 313 cm³/mol. The molecule has 3 nitrogen and oxygen atoms in total. The van der Waals surface area contributed by atoms with Crippen molar-refractivity contribution in [3.8, 4) is 39.3 Å². The summed E-state index contributed by atoms with van der Waals surface area (Å²) in [5, 5.41) is 19.7. The predicted octanol–water partition coefficient (Wildman–Crippen LogP) is 19.3. The quantitative estimate of drug-likeness (QED) is 0.165. The minimum Gasteiger partial charge on any atom is -0.309 e. The van der Waals surface area contributed by atoms with Gasteiger partial charge in [-0.3, -0.25) is 0 Å². The molecule has 4 heteroatoms. The summed E-state index contributed by atoms with van der Waals surface area (Å²) in [6.07, 6.45) is 0. The second-order valence-electron chi connectivity index (χ2n) is 19.7. The third-order valence-corrected chi connectivity index (χ3v) is 16.7. The number of rotatable bonds is 4. The molecule has 0 aliphatic carbocycles. The highest BCUT2D eigenvalue weighted by Gasteiger charge is 2.25. The van der Waals surface area contributed by atoms with Crippen LogP contribution in [-0.2, 0) is 0 Å². The van der Waals surface area contributed by atoms with Gasteiger partial charge in [-0.25, -0.2) is 9.97 Å². The van der Waals surface area contributed by atoms with Crippen molar-refractivity contribution in [3.05, 3.63) is 236 Å². The number of para-hydroxylation sites is 2. The zero-order valence-electron chi connectivity index (χ0n) is 39.7. The van der Waals surface area contributed by atoms with E-state index in [1.807, 2.05) is 11.3 Å². The van der Waals surface area contributed by atoms with Crippen LogP contribution in [0.5, 0.6) is 0 Å². The molecule has 0 N–H and O–H groups in total. The molecule has 0 saturated heterocycles. The van der Waals surface area contributed by atoms with E-state index in [0.29, 0.717) is 0 Å². The van der Waals surface area contributed by atoms with Crippen LogP contribution in [0.3, 0.4) is 0 Å². The minimum absolute atomic E-state index is 0.874. The van der Waals surface area contributed by atoms with Crippen LogP contribution in [0.1, 0.15) is 5.56 Å². The second kappa shape index (κ2) is 15.4. The van der Waals surface area contributed by atoms with Crippen molar-refractivity contribution >= 4 is 129 Å². The van der Waals surface area contributed by atoms with Gasteiger partial charge in [-0.2, -0.15) is 0 Å². The molecule has 73 heavy (non-hydrogen) atoms. The van der Waals surface area contributed by atoms with Crippen LogP contribution in [-0.4, -0.2) is 14.5 Å². The number of benzene rings is 13. The van der Waals surface area contributed by atoms with E-state index in [1.54, 1.807) is 0 Å². The Kier molecular flexibility index (Phi) is 8.54. The highest BCUT2D eigenvalue weighted by atomic mass is 32.1. The minimum atomic E-state index is 0.874. The van der Waals surface area contributed by atoms with Gasteiger partial charge in [-0.05, 0) is 150 Å². The Morgan fingerprint density at radius 1 is 0.342 bits per heavy atom. The first-order chi connectivity index (χ1) is 36.1. The lowest BCUT2D eigenvalue weighted by atomic mass is 9.87. The van der Waals surface area contributed by atoms with Crippen molar-refractivity contribution in [2.75, 3.05) is 0 Å². The fourth-order valence-electron chi connectivity index (χ4n) is 12.2. The fourth-order valence-corrected chi connectivity index (χ4v) is 13.5. The van der Waals surface area contributed by atoms with Crippen LogP contribution < -0.4 is 0 Å². The molecule has 0 bridgehead atoms. The number of hydrogen-bond donors (Lipinski definition) is 0. The maximum absolute atomic E-state index is 5.76. The monoisotopic (exact) mass is 943 g/mol. The molecule has 0 amide bonds. The van der Waals surface area contributed by atoms with E-state index in [9.17, 15) is 0 Å². The van der Waals surface area contributed by atoms with Crippen LogP contribution in [0.25, 0.3) is 157 Å². The molecule has 0 saturated carbocycles. The highest BCUT2D eigenvalue weighted by Crippen LogP contribution is 2.52. The normalized spacial score (nSPS) is 12.2. The maximum Gasteiger partial charge on any atom is 0.0980 e. The maximum atomic E-state index is 5.76. The van der Waals surface area contributed by atoms with E-state index in [1.165, 1.54) is 112 Å². The van der Waals surface area contributed by atoms with Crippen LogP contribution in [0.4, 0.5) is 0 Å². The molecule has 16 rings (SSSR count). The van der Waals surface area contributed by atoms with Gasteiger partial charge >= 0.3 is 0 Å². The summed E-state index contributed by atoms with van der Waals surface area (Å²) in [7, 11) is 0. The summed E-state index contributed by atoms with van der Waals surface area (Å²) >= 11 is 1.90. The molecule has 0 unspecified atom stereocenters. The summed E-state index contributed by atoms with van der Waals surface area (Å²) < 4.78 is 4.93. The van der Waals surface area contributed by atoms with Crippen LogP contribution in [0.15, 0.2) is 231 Å². The standard InChI is InChI=1S/C69H41N3S/c1-40-23-32-58-59(35-40)71-68(67(70-58)47-29-26-43-25-24-41-13-5-7-17-49(41)54(43)39-47)57-38-46-28-27-44(45-30-33-61-56(37-45)51-19-11-12-22-60(51)72(61)48-15-3-2-4-16-48)36-55(46)63-52-20-9-10-21-53(52)65-64-50-18-8-6-14-42(50)31-34-62(64)73-69(65)66(57)63/h2-39H,1H3. The Hall–Kier alpha value is -9.22. The third-order valence-electron chi connectivity index (χ3n) is 15.5. The topological polar surface area (TPSA) is 30.7 Å². The molecule has 0 spiro atoms. The van der Waals surface area contributed by atoms with E-state index < -0.39 is 0 Å². The first kappa shape index (κ1) is 40.5. The average molecular weight is 944 g/mol. The van der Waals surface area contributed by atoms with Crippen molar-refractivity contribution in [1.82, 2.24) is 14.5 Å². The number of nitrogens with zero attached hydrogens (tertiary/aromatic N) is 3. The second-order valence-corrected chi connectivity index (χ2v) is 20.7. The first-order valence-electron chi connectivity index (χ1n) is 25.0. The molecule has 3 aromatic heterocycles. The van der Waals surface area contributed by atoms with Gasteiger partial charge in [0.2, 0.25) is 0 Å². The Bertz CT molecular complexity index is 5040. The zero-order chi connectivity index (χ0) is 47.9. The lowest BCUT2D eigenvalue weighted by Gasteiger charge is -2.18. The number of aryl methyl sites for hydroxylation is 1. The number of aromatic nitrogens is 3. The van der Waals surface area contributed by atoms with Gasteiger partial charge in [0.1, 0.15) is 0 Å². The van der Waals surface area contributed by atoms with E-state index in [-0.39, 0.29) is 0 Å². The van der Waals surface area contributed by atoms with E-state index in [0.717, 1.165) is 50.2 Å². The van der Waals surface area contributed by atoms with Crippen molar-refractivity contribution in [3.63, 3.8) is 0 Å². The van der Waals surface area contributed by atoms with E-state index >= 15 is 0 Å². The molecule has 16 aromatic rings. The van der Waals surface area contributed by atoms with Crippen LogP contribution >= 0.6 is 11.3 Å². The Morgan fingerprint density at radius 2 is 0.932 bits per heavy atom. The van der Waals surface area contributed by atoms with Gasteiger partial charge < -0.3 is 4.57 Å². The van der Waals surface area contributed by atoms with Crippen molar-refractivity contribution in [1.29, 1.82) is 0 Å². The molecular weight excluding hydrogens is 903 g/mol. The third kappa shape index (κ3) is 5.99. The number of thiophene rings is 1. The Balaban J connectivity index is 1.04. The Morgan fingerprint density at radius 3 is 1.77 bits per heavy atom. The van der Waals surface area contributed by atoms with Gasteiger partial charge in [0.15, 0.2) is 0 Å². The van der Waals surface area contributed by atoms with Crippen LogP contribution in [0, 0.1) is 6.92 Å². The smallest absolute Gasteiger partial charge is 0.0980 e. The first-order valence-corrected chi connectivity index (χ1v) is 25.9. The van der Waals surface area contributed by atoms with Crippen molar-refractivity contribution < 1.29 is 0 Å². The number of fused-ring (bicyclic) bond motifs is 19. The average Bonchev–Trinajstić information content (AvgIpc) is 4.01. The SMILES string of the molecule is Cc1ccc2nc(-c3ccc4ccc5ccccc5c4c3)c(-c3cc4ccc(-c5ccc6c(c5)c5ccccc5n6-c5ccccc5)cc4c4c5ccccc5c5c(sc6ccc7ccccc7c65)c34)nc2c1. The molecule has 0 aliphatic heterocycles.